The highest BCUT2D eigenvalue weighted by atomic mass is 35.5. The number of amides is 2. The molecule has 1 atom stereocenters. The Balaban J connectivity index is 1.95. The van der Waals surface area contributed by atoms with Crippen LogP contribution in [0.15, 0.2) is 42.5 Å². The van der Waals surface area contributed by atoms with Crippen LogP contribution in [-0.2, 0) is 26.2 Å². The quantitative estimate of drug-likeness (QED) is 0.420. The van der Waals surface area contributed by atoms with Gasteiger partial charge in [0.05, 0.1) is 22.0 Å². The van der Waals surface area contributed by atoms with Crippen LogP contribution in [0.25, 0.3) is 0 Å². The molecule has 202 valence electrons. The fourth-order valence-corrected chi connectivity index (χ4v) is 6.02. The summed E-state index contributed by atoms with van der Waals surface area (Å²) in [6, 6.07) is 11.6. The lowest BCUT2D eigenvalue weighted by atomic mass is 9.95. The number of nitrogens with one attached hydrogen (secondary N) is 1. The molecule has 1 fully saturated rings. The topological polar surface area (TPSA) is 86.8 Å². The van der Waals surface area contributed by atoms with Gasteiger partial charge >= 0.3 is 0 Å². The van der Waals surface area contributed by atoms with E-state index in [1.807, 2.05) is 38.1 Å². The van der Waals surface area contributed by atoms with Gasteiger partial charge in [0.15, 0.2) is 0 Å². The molecule has 7 nitrogen and oxygen atoms in total. The Labute approximate surface area is 230 Å². The van der Waals surface area contributed by atoms with Crippen LogP contribution in [0, 0.1) is 6.92 Å². The van der Waals surface area contributed by atoms with Crippen molar-refractivity contribution in [1.82, 2.24) is 10.2 Å². The van der Waals surface area contributed by atoms with E-state index >= 15 is 0 Å². The second-order valence-corrected chi connectivity index (χ2v) is 12.3. The number of aryl methyl sites for hydroxylation is 1. The van der Waals surface area contributed by atoms with Crippen molar-refractivity contribution in [2.45, 2.75) is 71.0 Å². The third-order valence-electron chi connectivity index (χ3n) is 6.82. The molecule has 0 bridgehead atoms. The van der Waals surface area contributed by atoms with Crippen LogP contribution in [0.5, 0.6) is 0 Å². The maximum atomic E-state index is 13.8. The second-order valence-electron chi connectivity index (χ2n) is 9.56. The number of halogens is 2. The fraction of sp³-hybridized carbons (Fsp3) is 0.481. The summed E-state index contributed by atoms with van der Waals surface area (Å²) >= 11 is 12.5. The van der Waals surface area contributed by atoms with E-state index in [4.69, 9.17) is 23.2 Å². The lowest BCUT2D eigenvalue weighted by Gasteiger charge is -2.34. The SMILES string of the molecule is CCC(C(=O)NC1CCCCC1)N(Cc1ccccc1C)C(=O)CN(c1cccc(Cl)c1Cl)S(C)(=O)=O. The van der Waals surface area contributed by atoms with Crippen molar-refractivity contribution in [3.8, 4) is 0 Å². The summed E-state index contributed by atoms with van der Waals surface area (Å²) in [7, 11) is -3.90. The Morgan fingerprint density at radius 1 is 1.05 bits per heavy atom. The van der Waals surface area contributed by atoms with Gasteiger partial charge in [-0.2, -0.15) is 0 Å². The largest absolute Gasteiger partial charge is 0.352 e. The molecule has 10 heteroatoms. The Hall–Kier alpha value is -2.29. The predicted molar refractivity (Wildman–Crippen MR) is 149 cm³/mol. The molecule has 1 N–H and O–H groups in total. The van der Waals surface area contributed by atoms with Crippen LogP contribution < -0.4 is 9.62 Å². The van der Waals surface area contributed by atoms with Gasteiger partial charge in [0.25, 0.3) is 0 Å². The second kappa shape index (κ2) is 13.0. The zero-order chi connectivity index (χ0) is 27.2. The smallest absolute Gasteiger partial charge is 0.244 e. The Morgan fingerprint density at radius 2 is 1.73 bits per heavy atom. The van der Waals surface area contributed by atoms with Gasteiger partial charge in [-0.1, -0.05) is 79.7 Å². The van der Waals surface area contributed by atoms with Gasteiger partial charge in [0.2, 0.25) is 21.8 Å². The molecule has 1 aliphatic carbocycles. The number of hydrogen-bond donors (Lipinski definition) is 1. The van der Waals surface area contributed by atoms with Crippen LogP contribution in [-0.4, -0.2) is 50.0 Å². The van der Waals surface area contributed by atoms with Crippen molar-refractivity contribution < 1.29 is 18.0 Å². The van der Waals surface area contributed by atoms with Crippen molar-refractivity contribution in [3.63, 3.8) is 0 Å². The van der Waals surface area contributed by atoms with Crippen LogP contribution in [0.2, 0.25) is 10.0 Å². The molecule has 0 saturated heterocycles. The lowest BCUT2D eigenvalue weighted by molar-refractivity contribution is -0.140. The van der Waals surface area contributed by atoms with Crippen molar-refractivity contribution in [1.29, 1.82) is 0 Å². The third-order valence-corrected chi connectivity index (χ3v) is 8.75. The molecular formula is C27H35Cl2N3O4S. The first-order valence-electron chi connectivity index (χ1n) is 12.6. The molecule has 0 radical (unpaired) electrons. The van der Waals surface area contributed by atoms with Crippen LogP contribution in [0.1, 0.15) is 56.6 Å². The molecule has 3 rings (SSSR count). The molecule has 0 aliphatic heterocycles. The molecule has 1 unspecified atom stereocenters. The van der Waals surface area contributed by atoms with Crippen LogP contribution in [0.4, 0.5) is 5.69 Å². The summed E-state index contributed by atoms with van der Waals surface area (Å²) in [5, 5.41) is 3.35. The maximum Gasteiger partial charge on any atom is 0.244 e. The van der Waals surface area contributed by atoms with E-state index in [-0.39, 0.29) is 34.2 Å². The zero-order valence-corrected chi connectivity index (χ0v) is 23.9. The molecule has 2 amide bonds. The maximum absolute atomic E-state index is 13.8. The van der Waals surface area contributed by atoms with Gasteiger partial charge in [0, 0.05) is 12.6 Å². The third kappa shape index (κ3) is 7.62. The Morgan fingerprint density at radius 3 is 2.35 bits per heavy atom. The molecule has 2 aromatic rings. The van der Waals surface area contributed by atoms with Crippen molar-refractivity contribution in [2.75, 3.05) is 17.1 Å². The van der Waals surface area contributed by atoms with Crippen molar-refractivity contribution in [2.24, 2.45) is 0 Å². The first kappa shape index (κ1) is 29.3. The number of anilines is 1. The first-order valence-corrected chi connectivity index (χ1v) is 15.2. The van der Waals surface area contributed by atoms with Gasteiger partial charge in [-0.25, -0.2) is 8.42 Å². The average molecular weight is 569 g/mol. The first-order chi connectivity index (χ1) is 17.5. The number of nitrogens with zero attached hydrogens (tertiary/aromatic N) is 2. The average Bonchev–Trinajstić information content (AvgIpc) is 2.85. The number of carbonyl (C=O) groups is 2. The normalized spacial score (nSPS) is 15.2. The minimum absolute atomic E-state index is 0.0370. The molecule has 1 saturated carbocycles. The summed E-state index contributed by atoms with van der Waals surface area (Å²) in [6.07, 6.45) is 6.53. The lowest BCUT2D eigenvalue weighted by Crippen LogP contribution is -2.54. The Bertz CT molecular complexity index is 1220. The van der Waals surface area contributed by atoms with Gasteiger partial charge in [-0.3, -0.25) is 13.9 Å². The Kier molecular flexibility index (Phi) is 10.3. The van der Waals surface area contributed by atoms with Crippen molar-refractivity contribution in [3.05, 3.63) is 63.6 Å². The number of carbonyl (C=O) groups excluding carboxylic acids is 2. The predicted octanol–water partition coefficient (Wildman–Crippen LogP) is 5.32. The molecule has 2 aromatic carbocycles. The van der Waals surface area contributed by atoms with E-state index in [2.05, 4.69) is 5.32 Å². The standard InChI is InChI=1S/C27H35Cl2N3O4S/c1-4-23(27(34)30-21-13-6-5-7-14-21)31(17-20-12-9-8-11-19(20)2)25(33)18-32(37(3,35)36)24-16-10-15-22(28)26(24)29/h8-12,15-16,21,23H,4-7,13-14,17-18H2,1-3H3,(H,30,34). The highest BCUT2D eigenvalue weighted by Gasteiger charge is 2.33. The minimum atomic E-state index is -3.90. The zero-order valence-electron chi connectivity index (χ0n) is 21.5. The van der Waals surface area contributed by atoms with Gasteiger partial charge in [-0.15, -0.1) is 0 Å². The summed E-state index contributed by atoms with van der Waals surface area (Å²) in [4.78, 5) is 28.8. The van der Waals surface area contributed by atoms with E-state index < -0.39 is 28.5 Å². The van der Waals surface area contributed by atoms with E-state index in [0.29, 0.717) is 6.42 Å². The molecule has 1 aliphatic rings. The summed E-state index contributed by atoms with van der Waals surface area (Å²) in [6.45, 7) is 3.45. The number of sulfonamides is 1. The summed E-state index contributed by atoms with van der Waals surface area (Å²) in [5.41, 5.74) is 1.97. The highest BCUT2D eigenvalue weighted by Crippen LogP contribution is 2.34. The van der Waals surface area contributed by atoms with E-state index in [9.17, 15) is 18.0 Å². The van der Waals surface area contributed by atoms with E-state index in [1.165, 1.54) is 11.0 Å². The molecule has 37 heavy (non-hydrogen) atoms. The molecule has 0 heterocycles. The molecule has 0 aromatic heterocycles. The number of benzene rings is 2. The van der Waals surface area contributed by atoms with Gasteiger partial charge in [-0.05, 0) is 49.4 Å². The number of hydrogen-bond acceptors (Lipinski definition) is 4. The van der Waals surface area contributed by atoms with E-state index in [0.717, 1.165) is 53.8 Å². The molecule has 0 spiro atoms. The van der Waals surface area contributed by atoms with Crippen LogP contribution >= 0.6 is 23.2 Å². The number of rotatable bonds is 10. The summed E-state index contributed by atoms with van der Waals surface area (Å²) in [5.74, 6) is -0.724. The van der Waals surface area contributed by atoms with Gasteiger partial charge < -0.3 is 10.2 Å². The van der Waals surface area contributed by atoms with E-state index in [1.54, 1.807) is 12.1 Å². The summed E-state index contributed by atoms with van der Waals surface area (Å²) < 4.78 is 26.5. The van der Waals surface area contributed by atoms with Crippen LogP contribution in [0.3, 0.4) is 0 Å². The van der Waals surface area contributed by atoms with Crippen molar-refractivity contribution >= 4 is 50.7 Å². The monoisotopic (exact) mass is 567 g/mol. The minimum Gasteiger partial charge on any atom is -0.352 e. The van der Waals surface area contributed by atoms with Gasteiger partial charge in [0.1, 0.15) is 12.6 Å². The highest BCUT2D eigenvalue weighted by molar-refractivity contribution is 7.92. The molecular weight excluding hydrogens is 533 g/mol. The fourth-order valence-electron chi connectivity index (χ4n) is 4.71.